The summed E-state index contributed by atoms with van der Waals surface area (Å²) in [6, 6.07) is 6.34. The zero-order valence-electron chi connectivity index (χ0n) is 13.6. The smallest absolute Gasteiger partial charge is 0.133 e. The third-order valence-electron chi connectivity index (χ3n) is 3.58. The molecule has 0 unspecified atom stereocenters. The van der Waals surface area contributed by atoms with Gasteiger partial charge >= 0.3 is 0 Å². The molecule has 1 rings (SSSR count). The maximum Gasteiger partial charge on any atom is 0.133 e. The van der Waals surface area contributed by atoms with Gasteiger partial charge in [0.05, 0.1) is 11.1 Å². The van der Waals surface area contributed by atoms with Crippen molar-refractivity contribution in [3.05, 3.63) is 28.2 Å². The summed E-state index contributed by atoms with van der Waals surface area (Å²) in [5.74, 6) is 0.959. The highest BCUT2D eigenvalue weighted by Gasteiger charge is 2.02. The van der Waals surface area contributed by atoms with E-state index >= 15 is 0 Å². The summed E-state index contributed by atoms with van der Waals surface area (Å²) in [5.41, 5.74) is 1.28. The first kappa shape index (κ1) is 18.5. The molecule has 1 aromatic carbocycles. The molecule has 0 saturated carbocycles. The van der Waals surface area contributed by atoms with Gasteiger partial charge in [0.1, 0.15) is 5.75 Å². The van der Waals surface area contributed by atoms with Crippen LogP contribution in [0.1, 0.15) is 64.4 Å². The summed E-state index contributed by atoms with van der Waals surface area (Å²) >= 11 is 3.60. The number of ether oxygens (including phenoxy) is 1. The molecule has 0 aliphatic rings. The van der Waals surface area contributed by atoms with E-state index in [0.717, 1.165) is 36.3 Å². The standard InChI is InChI=1S/C18H30BrNO/c1-3-5-6-7-8-9-10-13-21-18-12-11-16(14-17(18)19)15-20-4-2/h11-12,14,20H,3-10,13,15H2,1-2H3. The lowest BCUT2D eigenvalue weighted by Gasteiger charge is -2.10. The molecule has 0 heterocycles. The fourth-order valence-corrected chi connectivity index (χ4v) is 2.82. The zero-order valence-corrected chi connectivity index (χ0v) is 15.2. The summed E-state index contributed by atoms with van der Waals surface area (Å²) in [5, 5.41) is 3.33. The van der Waals surface area contributed by atoms with Crippen LogP contribution in [0.5, 0.6) is 5.75 Å². The van der Waals surface area contributed by atoms with Crippen molar-refractivity contribution in [3.63, 3.8) is 0 Å². The van der Waals surface area contributed by atoms with Crippen LogP contribution in [-0.4, -0.2) is 13.2 Å². The van der Waals surface area contributed by atoms with Gasteiger partial charge in [-0.15, -0.1) is 0 Å². The molecule has 1 N–H and O–H groups in total. The fraction of sp³-hybridized carbons (Fsp3) is 0.667. The number of rotatable bonds is 12. The van der Waals surface area contributed by atoms with Crippen molar-refractivity contribution in [1.29, 1.82) is 0 Å². The molecule has 0 spiro atoms. The van der Waals surface area contributed by atoms with E-state index in [4.69, 9.17) is 4.74 Å². The molecule has 3 heteroatoms. The van der Waals surface area contributed by atoms with Crippen LogP contribution in [0.25, 0.3) is 0 Å². The van der Waals surface area contributed by atoms with Gasteiger partial charge in [-0.05, 0) is 46.6 Å². The normalized spacial score (nSPS) is 10.8. The first-order valence-electron chi connectivity index (χ1n) is 8.39. The van der Waals surface area contributed by atoms with E-state index in [0.29, 0.717) is 0 Å². The number of hydrogen-bond acceptors (Lipinski definition) is 2. The molecule has 120 valence electrons. The third-order valence-corrected chi connectivity index (χ3v) is 4.20. The van der Waals surface area contributed by atoms with E-state index in [1.165, 1.54) is 44.1 Å². The Morgan fingerprint density at radius 1 is 1.00 bits per heavy atom. The maximum atomic E-state index is 5.86. The largest absolute Gasteiger partial charge is 0.492 e. The highest BCUT2D eigenvalue weighted by molar-refractivity contribution is 9.10. The Kier molecular flexibility index (Phi) is 10.6. The predicted molar refractivity (Wildman–Crippen MR) is 95.0 cm³/mol. The van der Waals surface area contributed by atoms with Crippen LogP contribution >= 0.6 is 15.9 Å². The Morgan fingerprint density at radius 2 is 1.71 bits per heavy atom. The lowest BCUT2D eigenvalue weighted by atomic mass is 10.1. The highest BCUT2D eigenvalue weighted by Crippen LogP contribution is 2.26. The second-order valence-corrected chi connectivity index (χ2v) is 6.37. The van der Waals surface area contributed by atoms with E-state index in [2.05, 4.69) is 53.3 Å². The predicted octanol–water partition coefficient (Wildman–Crippen LogP) is 5.69. The summed E-state index contributed by atoms with van der Waals surface area (Å²) in [6.45, 7) is 7.10. The van der Waals surface area contributed by atoms with Crippen LogP contribution in [0.15, 0.2) is 22.7 Å². The van der Waals surface area contributed by atoms with Gasteiger partial charge in [0.15, 0.2) is 0 Å². The number of halogens is 1. The maximum absolute atomic E-state index is 5.86. The van der Waals surface area contributed by atoms with Gasteiger partial charge in [-0.2, -0.15) is 0 Å². The van der Waals surface area contributed by atoms with Crippen molar-refractivity contribution >= 4 is 15.9 Å². The topological polar surface area (TPSA) is 21.3 Å². The van der Waals surface area contributed by atoms with Crippen LogP contribution in [0, 0.1) is 0 Å². The number of unbranched alkanes of at least 4 members (excludes halogenated alkanes) is 6. The van der Waals surface area contributed by atoms with Gasteiger partial charge < -0.3 is 10.1 Å². The molecule has 0 aromatic heterocycles. The Morgan fingerprint density at radius 3 is 2.38 bits per heavy atom. The minimum Gasteiger partial charge on any atom is -0.492 e. The second kappa shape index (κ2) is 12.0. The first-order chi connectivity index (χ1) is 10.3. The van der Waals surface area contributed by atoms with Crippen LogP contribution in [0.2, 0.25) is 0 Å². The van der Waals surface area contributed by atoms with Gasteiger partial charge in [0.2, 0.25) is 0 Å². The van der Waals surface area contributed by atoms with Gasteiger partial charge in [-0.3, -0.25) is 0 Å². The Bertz CT molecular complexity index is 381. The molecule has 0 amide bonds. The van der Waals surface area contributed by atoms with Crippen molar-refractivity contribution < 1.29 is 4.74 Å². The molecular formula is C18H30BrNO. The molecule has 0 aliphatic heterocycles. The molecule has 1 aromatic rings. The van der Waals surface area contributed by atoms with Crippen LogP contribution in [-0.2, 0) is 6.54 Å². The molecule has 0 radical (unpaired) electrons. The zero-order chi connectivity index (χ0) is 15.3. The molecule has 0 saturated heterocycles. The van der Waals surface area contributed by atoms with E-state index in [1.54, 1.807) is 0 Å². The summed E-state index contributed by atoms with van der Waals surface area (Å²) < 4.78 is 6.91. The average molecular weight is 356 g/mol. The van der Waals surface area contributed by atoms with Crippen LogP contribution in [0.3, 0.4) is 0 Å². The summed E-state index contributed by atoms with van der Waals surface area (Å²) in [6.07, 6.45) is 9.22. The van der Waals surface area contributed by atoms with Gasteiger partial charge in [-0.25, -0.2) is 0 Å². The van der Waals surface area contributed by atoms with Crippen molar-refractivity contribution in [2.24, 2.45) is 0 Å². The van der Waals surface area contributed by atoms with Gasteiger partial charge in [0.25, 0.3) is 0 Å². The first-order valence-corrected chi connectivity index (χ1v) is 9.19. The SMILES string of the molecule is CCCCCCCCCOc1ccc(CNCC)cc1Br. The van der Waals surface area contributed by atoms with Crippen molar-refractivity contribution in [2.45, 2.75) is 65.3 Å². The number of hydrogen-bond donors (Lipinski definition) is 1. The Balaban J connectivity index is 2.17. The highest BCUT2D eigenvalue weighted by atomic mass is 79.9. The number of nitrogens with one attached hydrogen (secondary N) is 1. The van der Waals surface area contributed by atoms with Gasteiger partial charge in [-0.1, -0.05) is 58.4 Å². The summed E-state index contributed by atoms with van der Waals surface area (Å²) in [7, 11) is 0. The van der Waals surface area contributed by atoms with E-state index < -0.39 is 0 Å². The number of benzene rings is 1. The molecular weight excluding hydrogens is 326 g/mol. The molecule has 0 fully saturated rings. The monoisotopic (exact) mass is 355 g/mol. The van der Waals surface area contributed by atoms with E-state index in [9.17, 15) is 0 Å². The minimum atomic E-state index is 0.818. The fourth-order valence-electron chi connectivity index (χ4n) is 2.28. The van der Waals surface area contributed by atoms with Crippen LogP contribution in [0.4, 0.5) is 0 Å². The summed E-state index contributed by atoms with van der Waals surface area (Å²) in [4.78, 5) is 0. The molecule has 0 aliphatic carbocycles. The quantitative estimate of drug-likeness (QED) is 0.486. The van der Waals surface area contributed by atoms with Crippen LogP contribution < -0.4 is 10.1 Å². The third kappa shape index (κ3) is 8.47. The lowest BCUT2D eigenvalue weighted by molar-refractivity contribution is 0.302. The second-order valence-electron chi connectivity index (χ2n) is 5.51. The Hall–Kier alpha value is -0.540. The van der Waals surface area contributed by atoms with Crippen molar-refractivity contribution in [3.8, 4) is 5.75 Å². The van der Waals surface area contributed by atoms with Crippen molar-refractivity contribution in [1.82, 2.24) is 5.32 Å². The minimum absolute atomic E-state index is 0.818. The van der Waals surface area contributed by atoms with Gasteiger partial charge in [0, 0.05) is 6.54 Å². The molecule has 21 heavy (non-hydrogen) atoms. The molecule has 0 bridgehead atoms. The lowest BCUT2D eigenvalue weighted by Crippen LogP contribution is -2.11. The Labute approximate surface area is 138 Å². The van der Waals surface area contributed by atoms with Crippen molar-refractivity contribution in [2.75, 3.05) is 13.2 Å². The van der Waals surface area contributed by atoms with E-state index in [1.807, 2.05) is 0 Å². The average Bonchev–Trinajstić information content (AvgIpc) is 2.49. The van der Waals surface area contributed by atoms with E-state index in [-0.39, 0.29) is 0 Å². The molecule has 2 nitrogen and oxygen atoms in total. The molecule has 0 atom stereocenters.